The quantitative estimate of drug-likeness (QED) is 0.622. The second-order valence-corrected chi connectivity index (χ2v) is 5.71. The van der Waals surface area contributed by atoms with E-state index in [0.717, 1.165) is 6.42 Å². The van der Waals surface area contributed by atoms with Crippen LogP contribution in [-0.4, -0.2) is 39.0 Å². The molecule has 1 aromatic heterocycles. The lowest BCUT2D eigenvalue weighted by molar-refractivity contribution is -0.140. The lowest BCUT2D eigenvalue weighted by Crippen LogP contribution is -2.43. The summed E-state index contributed by atoms with van der Waals surface area (Å²) < 4.78 is 1.26. The maximum atomic E-state index is 12.4. The van der Waals surface area contributed by atoms with Crippen molar-refractivity contribution in [2.75, 3.05) is 6.67 Å². The van der Waals surface area contributed by atoms with Crippen LogP contribution in [0.2, 0.25) is 0 Å². The number of allylic oxidation sites excluding steroid dienone is 2. The number of hydrogen-bond donors (Lipinski definition) is 1. The molecule has 0 aromatic carbocycles. The van der Waals surface area contributed by atoms with Gasteiger partial charge in [0.05, 0.1) is 11.8 Å². The molecule has 0 spiro atoms. The van der Waals surface area contributed by atoms with Crippen molar-refractivity contribution in [1.29, 1.82) is 0 Å². The van der Waals surface area contributed by atoms with Gasteiger partial charge in [-0.3, -0.25) is 19.1 Å². The number of imidazole rings is 1. The van der Waals surface area contributed by atoms with Gasteiger partial charge >= 0.3 is 6.03 Å². The topological polar surface area (TPSA) is 84.3 Å². The monoisotopic (exact) mass is 286 g/mol. The number of imide groups is 1. The number of rotatable bonds is 2. The normalized spacial score (nSPS) is 32.9. The zero-order chi connectivity index (χ0) is 14.6. The van der Waals surface area contributed by atoms with Gasteiger partial charge in [0.25, 0.3) is 0 Å². The van der Waals surface area contributed by atoms with E-state index in [0.29, 0.717) is 0 Å². The van der Waals surface area contributed by atoms with Crippen molar-refractivity contribution in [2.24, 2.45) is 23.7 Å². The summed E-state index contributed by atoms with van der Waals surface area (Å²) >= 11 is 0. The third-order valence-corrected chi connectivity index (χ3v) is 4.69. The Balaban J connectivity index is 1.46. The molecular formula is C14H14N4O3. The smallest absolute Gasteiger partial charge is 0.319 e. The predicted molar refractivity (Wildman–Crippen MR) is 70.6 cm³/mol. The Morgan fingerprint density at radius 2 is 1.90 bits per heavy atom. The van der Waals surface area contributed by atoms with Crippen LogP contribution in [-0.2, 0) is 9.59 Å². The number of likely N-dealkylation sites (tertiary alicyclic amines) is 1. The summed E-state index contributed by atoms with van der Waals surface area (Å²) in [7, 11) is 0. The molecule has 1 saturated carbocycles. The summed E-state index contributed by atoms with van der Waals surface area (Å²) in [6.07, 6.45) is 9.35. The Morgan fingerprint density at radius 1 is 1.24 bits per heavy atom. The van der Waals surface area contributed by atoms with Gasteiger partial charge in [0, 0.05) is 12.4 Å². The van der Waals surface area contributed by atoms with Crippen molar-refractivity contribution < 1.29 is 14.4 Å². The van der Waals surface area contributed by atoms with Crippen molar-refractivity contribution >= 4 is 17.8 Å². The molecule has 2 heterocycles. The molecule has 4 unspecified atom stereocenters. The lowest BCUT2D eigenvalue weighted by Gasteiger charge is -2.17. The molecule has 1 aliphatic heterocycles. The third-order valence-electron chi connectivity index (χ3n) is 4.69. The molecule has 3 aliphatic rings. The summed E-state index contributed by atoms with van der Waals surface area (Å²) in [6, 6.07) is -0.411. The van der Waals surface area contributed by atoms with E-state index in [1.165, 1.54) is 28.2 Å². The minimum absolute atomic E-state index is 0.0822. The number of nitrogens with one attached hydrogen (secondary N) is 1. The number of hydrogen-bond acceptors (Lipinski definition) is 4. The SMILES string of the molecule is O=C1C2C3C=CC(C3)C2C(=O)N1CNC(=O)n1ccnc1. The fourth-order valence-electron chi connectivity index (χ4n) is 3.74. The van der Waals surface area contributed by atoms with Crippen LogP contribution in [0.5, 0.6) is 0 Å². The van der Waals surface area contributed by atoms with Crippen molar-refractivity contribution in [3.63, 3.8) is 0 Å². The van der Waals surface area contributed by atoms with Gasteiger partial charge in [-0.25, -0.2) is 9.78 Å². The number of nitrogens with zero attached hydrogens (tertiary/aromatic N) is 3. The van der Waals surface area contributed by atoms with Crippen LogP contribution >= 0.6 is 0 Å². The van der Waals surface area contributed by atoms with Crippen LogP contribution in [0, 0.1) is 23.7 Å². The van der Waals surface area contributed by atoms with Crippen LogP contribution in [0.4, 0.5) is 4.79 Å². The van der Waals surface area contributed by atoms with Crippen LogP contribution in [0.3, 0.4) is 0 Å². The Kier molecular flexibility index (Phi) is 2.51. The Hall–Kier alpha value is -2.44. The maximum Gasteiger partial charge on any atom is 0.328 e. The number of carbonyl (C=O) groups excluding carboxylic acids is 3. The molecular weight excluding hydrogens is 272 g/mol. The predicted octanol–water partition coefficient (Wildman–Crippen LogP) is 0.205. The first kappa shape index (κ1) is 12.3. The van der Waals surface area contributed by atoms with Gasteiger partial charge in [-0.1, -0.05) is 12.2 Å². The van der Waals surface area contributed by atoms with E-state index in [4.69, 9.17) is 0 Å². The van der Waals surface area contributed by atoms with E-state index < -0.39 is 6.03 Å². The Bertz CT molecular complexity index is 621. The van der Waals surface area contributed by atoms with E-state index >= 15 is 0 Å². The summed E-state index contributed by atoms with van der Waals surface area (Å²) in [5.74, 6) is -0.396. The average Bonchev–Trinajstić information content (AvgIpc) is 3.22. The second-order valence-electron chi connectivity index (χ2n) is 5.71. The van der Waals surface area contributed by atoms with Gasteiger partial charge in [-0.2, -0.15) is 0 Å². The highest BCUT2D eigenvalue weighted by Gasteiger charge is 2.59. The highest BCUT2D eigenvalue weighted by Crippen LogP contribution is 2.52. The molecule has 0 radical (unpaired) electrons. The largest absolute Gasteiger partial charge is 0.328 e. The molecule has 7 nitrogen and oxygen atoms in total. The second kappa shape index (κ2) is 4.28. The zero-order valence-electron chi connectivity index (χ0n) is 11.2. The van der Waals surface area contributed by atoms with Crippen LogP contribution < -0.4 is 5.32 Å². The first-order valence-electron chi connectivity index (χ1n) is 6.96. The molecule has 1 aromatic rings. The van der Waals surface area contributed by atoms with Crippen molar-refractivity contribution in [3.8, 4) is 0 Å². The highest BCUT2D eigenvalue weighted by molar-refractivity contribution is 6.06. The Labute approximate surface area is 120 Å². The van der Waals surface area contributed by atoms with Gasteiger partial charge in [-0.05, 0) is 18.3 Å². The van der Waals surface area contributed by atoms with Gasteiger partial charge in [0.15, 0.2) is 0 Å². The standard InChI is InChI=1S/C14H14N4O3/c19-12-10-8-1-2-9(5-8)11(10)13(20)18(12)7-16-14(21)17-4-3-15-6-17/h1-4,6,8-11H,5,7H2,(H,16,21). The van der Waals surface area contributed by atoms with E-state index in [2.05, 4.69) is 10.3 Å². The molecule has 7 heteroatoms. The summed E-state index contributed by atoms with van der Waals surface area (Å²) in [6.45, 7) is -0.0822. The summed E-state index contributed by atoms with van der Waals surface area (Å²) in [5.41, 5.74) is 0. The van der Waals surface area contributed by atoms with Gasteiger partial charge in [-0.15, -0.1) is 0 Å². The minimum Gasteiger partial charge on any atom is -0.319 e. The summed E-state index contributed by atoms with van der Waals surface area (Å²) in [5, 5.41) is 2.58. The number of fused-ring (bicyclic) bond motifs is 5. The molecule has 2 fully saturated rings. The van der Waals surface area contributed by atoms with E-state index in [1.807, 2.05) is 12.2 Å². The summed E-state index contributed by atoms with van der Waals surface area (Å²) in [4.78, 5) is 41.5. The van der Waals surface area contributed by atoms with E-state index in [1.54, 1.807) is 0 Å². The van der Waals surface area contributed by atoms with Crippen LogP contribution in [0.15, 0.2) is 30.9 Å². The third kappa shape index (κ3) is 1.66. The maximum absolute atomic E-state index is 12.4. The van der Waals surface area contributed by atoms with Gasteiger partial charge in [0.2, 0.25) is 11.8 Å². The van der Waals surface area contributed by atoms with Crippen molar-refractivity contribution in [1.82, 2.24) is 19.8 Å². The fraction of sp³-hybridized carbons (Fsp3) is 0.429. The van der Waals surface area contributed by atoms with E-state index in [-0.39, 0.29) is 42.2 Å². The van der Waals surface area contributed by atoms with Gasteiger partial charge < -0.3 is 5.32 Å². The van der Waals surface area contributed by atoms with Crippen molar-refractivity contribution in [3.05, 3.63) is 30.9 Å². The molecule has 1 saturated heterocycles. The first-order chi connectivity index (χ1) is 10.2. The molecule has 2 aliphatic carbocycles. The van der Waals surface area contributed by atoms with Crippen LogP contribution in [0.1, 0.15) is 6.42 Å². The zero-order valence-corrected chi connectivity index (χ0v) is 11.2. The van der Waals surface area contributed by atoms with Gasteiger partial charge in [0.1, 0.15) is 13.0 Å². The van der Waals surface area contributed by atoms with E-state index in [9.17, 15) is 14.4 Å². The van der Waals surface area contributed by atoms with Crippen LogP contribution in [0.25, 0.3) is 0 Å². The number of aromatic nitrogens is 2. The highest BCUT2D eigenvalue weighted by atomic mass is 16.2. The molecule has 2 bridgehead atoms. The Morgan fingerprint density at radius 3 is 2.48 bits per heavy atom. The molecule has 4 rings (SSSR count). The molecule has 3 amide bonds. The molecule has 4 atom stereocenters. The number of carbonyl (C=O) groups is 3. The molecule has 108 valence electrons. The number of amides is 3. The lowest BCUT2D eigenvalue weighted by atomic mass is 9.85. The average molecular weight is 286 g/mol. The van der Waals surface area contributed by atoms with Crippen molar-refractivity contribution in [2.45, 2.75) is 6.42 Å². The molecule has 21 heavy (non-hydrogen) atoms. The first-order valence-corrected chi connectivity index (χ1v) is 6.96. The molecule has 1 N–H and O–H groups in total. The fourth-order valence-corrected chi connectivity index (χ4v) is 3.74. The minimum atomic E-state index is -0.411.